The molecule has 0 fully saturated rings. The largest absolute Gasteiger partial charge is 0.481 e. The molecule has 0 bridgehead atoms. The van der Waals surface area contributed by atoms with Crippen LogP contribution >= 0.6 is 0 Å². The maximum absolute atomic E-state index is 11.8. The second-order valence-electron chi connectivity index (χ2n) is 4.17. The summed E-state index contributed by atoms with van der Waals surface area (Å²) >= 11 is 0. The highest BCUT2D eigenvalue weighted by molar-refractivity contribution is 5.75. The molecule has 1 rings (SSSR count). The van der Waals surface area contributed by atoms with Crippen molar-refractivity contribution in [1.82, 2.24) is 20.4 Å². The molecule has 0 aliphatic heterocycles. The van der Waals surface area contributed by atoms with Gasteiger partial charge in [-0.25, -0.2) is 4.79 Å². The summed E-state index contributed by atoms with van der Waals surface area (Å²) in [4.78, 5) is 28.0. The molecule has 8 heteroatoms. The van der Waals surface area contributed by atoms with Gasteiger partial charge < -0.3 is 19.8 Å². The van der Waals surface area contributed by atoms with Gasteiger partial charge in [-0.3, -0.25) is 4.79 Å². The minimum absolute atomic E-state index is 0.147. The predicted octanol–water partition coefficient (Wildman–Crippen LogP) is 0.630. The summed E-state index contributed by atoms with van der Waals surface area (Å²) in [7, 11) is 0. The Morgan fingerprint density at radius 1 is 1.53 bits per heavy atom. The number of amides is 2. The maximum Gasteiger partial charge on any atom is 0.317 e. The quantitative estimate of drug-likeness (QED) is 0.784. The lowest BCUT2D eigenvalue weighted by Gasteiger charge is -2.22. The van der Waals surface area contributed by atoms with Crippen LogP contribution in [0.3, 0.4) is 0 Å². The van der Waals surface area contributed by atoms with E-state index < -0.39 is 11.9 Å². The van der Waals surface area contributed by atoms with E-state index in [0.717, 1.165) is 0 Å². The van der Waals surface area contributed by atoms with Crippen LogP contribution in [-0.2, 0) is 11.3 Å². The van der Waals surface area contributed by atoms with Gasteiger partial charge in [0.2, 0.25) is 5.89 Å². The summed E-state index contributed by atoms with van der Waals surface area (Å²) in [6, 6.07) is -0.349. The van der Waals surface area contributed by atoms with Gasteiger partial charge in [-0.1, -0.05) is 12.1 Å². The fourth-order valence-corrected chi connectivity index (χ4v) is 1.44. The molecular formula is C11H18N4O4. The highest BCUT2D eigenvalue weighted by Crippen LogP contribution is 2.01. The summed E-state index contributed by atoms with van der Waals surface area (Å²) in [5.41, 5.74) is 0. The van der Waals surface area contributed by atoms with E-state index >= 15 is 0 Å². The normalized spacial score (nSPS) is 11.9. The Bertz CT molecular complexity index is 446. The zero-order valence-electron chi connectivity index (χ0n) is 11.2. The van der Waals surface area contributed by atoms with Crippen molar-refractivity contribution in [3.63, 3.8) is 0 Å². The molecule has 8 nitrogen and oxygen atoms in total. The predicted molar refractivity (Wildman–Crippen MR) is 65.3 cm³/mol. The van der Waals surface area contributed by atoms with Crippen molar-refractivity contribution in [2.45, 2.75) is 27.3 Å². The second kappa shape index (κ2) is 6.72. The summed E-state index contributed by atoms with van der Waals surface area (Å²) in [6.45, 7) is 5.73. The van der Waals surface area contributed by atoms with Crippen molar-refractivity contribution in [3.8, 4) is 0 Å². The highest BCUT2D eigenvalue weighted by atomic mass is 16.5. The van der Waals surface area contributed by atoms with Gasteiger partial charge in [-0.15, -0.1) is 0 Å². The first-order chi connectivity index (χ1) is 8.93. The van der Waals surface area contributed by atoms with Gasteiger partial charge in [0, 0.05) is 20.0 Å². The molecule has 0 aromatic carbocycles. The second-order valence-corrected chi connectivity index (χ2v) is 4.17. The molecule has 1 heterocycles. The molecule has 1 aromatic heterocycles. The maximum atomic E-state index is 11.8. The van der Waals surface area contributed by atoms with E-state index in [9.17, 15) is 9.59 Å². The standard InChI is InChI=1S/C11H18N4O4/c1-4-15(6-7(2)10(16)17)11(18)12-5-9-13-8(3)19-14-9/h7H,4-6H2,1-3H3,(H,12,18)(H,16,17). The van der Waals surface area contributed by atoms with Gasteiger partial charge in [-0.05, 0) is 6.92 Å². The Kier molecular flexibility index (Phi) is 5.28. The van der Waals surface area contributed by atoms with Crippen molar-refractivity contribution in [2.75, 3.05) is 13.1 Å². The molecule has 0 saturated carbocycles. The Morgan fingerprint density at radius 2 is 2.21 bits per heavy atom. The van der Waals surface area contributed by atoms with Crippen LogP contribution in [0.2, 0.25) is 0 Å². The van der Waals surface area contributed by atoms with Crippen LogP contribution in [0, 0.1) is 12.8 Å². The molecule has 2 N–H and O–H groups in total. The highest BCUT2D eigenvalue weighted by Gasteiger charge is 2.19. The molecule has 2 amide bonds. The molecule has 19 heavy (non-hydrogen) atoms. The molecule has 0 aliphatic rings. The van der Waals surface area contributed by atoms with Crippen LogP contribution in [0.15, 0.2) is 4.52 Å². The number of rotatable bonds is 6. The fraction of sp³-hybridized carbons (Fsp3) is 0.636. The minimum atomic E-state index is -0.931. The molecule has 1 atom stereocenters. The van der Waals surface area contributed by atoms with E-state index in [4.69, 9.17) is 9.63 Å². The fourth-order valence-electron chi connectivity index (χ4n) is 1.44. The van der Waals surface area contributed by atoms with Crippen LogP contribution in [0.1, 0.15) is 25.6 Å². The summed E-state index contributed by atoms with van der Waals surface area (Å²) in [5, 5.41) is 15.1. The monoisotopic (exact) mass is 270 g/mol. The van der Waals surface area contributed by atoms with E-state index in [0.29, 0.717) is 18.3 Å². The zero-order chi connectivity index (χ0) is 14.4. The van der Waals surface area contributed by atoms with Crippen LogP contribution in [0.4, 0.5) is 4.79 Å². The van der Waals surface area contributed by atoms with Gasteiger partial charge in [-0.2, -0.15) is 4.98 Å². The van der Waals surface area contributed by atoms with Crippen molar-refractivity contribution in [3.05, 3.63) is 11.7 Å². The number of carboxylic acid groups (broad SMARTS) is 1. The average molecular weight is 270 g/mol. The Hall–Kier alpha value is -2.12. The number of carboxylic acids is 1. The molecule has 0 spiro atoms. The lowest BCUT2D eigenvalue weighted by molar-refractivity contribution is -0.141. The lowest BCUT2D eigenvalue weighted by atomic mass is 10.2. The number of nitrogens with one attached hydrogen (secondary N) is 1. The molecule has 0 saturated heterocycles. The minimum Gasteiger partial charge on any atom is -0.481 e. The first-order valence-electron chi connectivity index (χ1n) is 5.98. The van der Waals surface area contributed by atoms with Gasteiger partial charge >= 0.3 is 12.0 Å². The number of nitrogens with zero attached hydrogens (tertiary/aromatic N) is 3. The lowest BCUT2D eigenvalue weighted by Crippen LogP contribution is -2.43. The van der Waals surface area contributed by atoms with E-state index in [2.05, 4.69) is 15.5 Å². The number of hydrogen-bond acceptors (Lipinski definition) is 5. The van der Waals surface area contributed by atoms with E-state index in [-0.39, 0.29) is 19.1 Å². The Labute approximate surface area is 110 Å². The number of carbonyl (C=O) groups excluding carboxylic acids is 1. The van der Waals surface area contributed by atoms with E-state index in [1.807, 2.05) is 0 Å². The van der Waals surface area contributed by atoms with Crippen molar-refractivity contribution >= 4 is 12.0 Å². The van der Waals surface area contributed by atoms with Crippen LogP contribution in [-0.4, -0.2) is 45.2 Å². The number of urea groups is 1. The number of aliphatic carboxylic acids is 1. The SMILES string of the molecule is CCN(CC(C)C(=O)O)C(=O)NCc1noc(C)n1. The number of hydrogen-bond donors (Lipinski definition) is 2. The number of aromatic nitrogens is 2. The number of carbonyl (C=O) groups is 2. The smallest absolute Gasteiger partial charge is 0.317 e. The topological polar surface area (TPSA) is 109 Å². The molecule has 0 aliphatic carbocycles. The average Bonchev–Trinajstić information content (AvgIpc) is 2.78. The van der Waals surface area contributed by atoms with Gasteiger partial charge in [0.05, 0.1) is 12.5 Å². The van der Waals surface area contributed by atoms with Crippen molar-refractivity contribution < 1.29 is 19.2 Å². The van der Waals surface area contributed by atoms with Crippen LogP contribution in [0.25, 0.3) is 0 Å². The third kappa shape index (κ3) is 4.57. The first kappa shape index (κ1) is 14.9. The Morgan fingerprint density at radius 3 is 2.68 bits per heavy atom. The first-order valence-corrected chi connectivity index (χ1v) is 5.98. The molecule has 106 valence electrons. The van der Waals surface area contributed by atoms with E-state index in [1.54, 1.807) is 20.8 Å². The van der Waals surface area contributed by atoms with Crippen LogP contribution < -0.4 is 5.32 Å². The molecule has 0 radical (unpaired) electrons. The van der Waals surface area contributed by atoms with Gasteiger partial charge in [0.15, 0.2) is 5.82 Å². The molecular weight excluding hydrogens is 252 g/mol. The van der Waals surface area contributed by atoms with Crippen molar-refractivity contribution in [1.29, 1.82) is 0 Å². The third-order valence-electron chi connectivity index (χ3n) is 2.55. The molecule has 1 aromatic rings. The van der Waals surface area contributed by atoms with Crippen molar-refractivity contribution in [2.24, 2.45) is 5.92 Å². The Balaban J connectivity index is 2.47. The third-order valence-corrected chi connectivity index (χ3v) is 2.55. The van der Waals surface area contributed by atoms with Gasteiger partial charge in [0.25, 0.3) is 0 Å². The van der Waals surface area contributed by atoms with Gasteiger partial charge in [0.1, 0.15) is 0 Å². The molecule has 1 unspecified atom stereocenters. The zero-order valence-corrected chi connectivity index (χ0v) is 11.2. The summed E-state index contributed by atoms with van der Waals surface area (Å²) in [6.07, 6.45) is 0. The van der Waals surface area contributed by atoms with Crippen LogP contribution in [0.5, 0.6) is 0 Å². The van der Waals surface area contributed by atoms with E-state index in [1.165, 1.54) is 4.90 Å². The summed E-state index contributed by atoms with van der Waals surface area (Å²) in [5.74, 6) is -0.734. The summed E-state index contributed by atoms with van der Waals surface area (Å²) < 4.78 is 4.78. The number of aryl methyl sites for hydroxylation is 1.